The lowest BCUT2D eigenvalue weighted by Gasteiger charge is -2.58. The summed E-state index contributed by atoms with van der Waals surface area (Å²) in [5.41, 5.74) is 2.19. The largest absolute Gasteiger partial charge is 0.378 e. The molecular weight excluding hydrogens is 186 g/mol. The van der Waals surface area contributed by atoms with Crippen molar-refractivity contribution in [2.75, 3.05) is 19.8 Å². The standard InChI is InChI=1S/C13H21NO/c1-13(2)9-3-4-10(11(13)7-9)12-8-15-6-5-14-12/h4,9,11-12,14H,3,5-8H2,1-2H3. The molecule has 15 heavy (non-hydrogen) atoms. The van der Waals surface area contributed by atoms with Crippen molar-refractivity contribution < 1.29 is 4.74 Å². The van der Waals surface area contributed by atoms with Gasteiger partial charge >= 0.3 is 0 Å². The summed E-state index contributed by atoms with van der Waals surface area (Å²) in [6, 6.07) is 0.504. The van der Waals surface area contributed by atoms with E-state index in [1.165, 1.54) is 12.8 Å². The maximum Gasteiger partial charge on any atom is 0.0658 e. The third kappa shape index (κ3) is 1.38. The van der Waals surface area contributed by atoms with Crippen LogP contribution in [0.15, 0.2) is 11.6 Å². The fraction of sp³-hybridized carbons (Fsp3) is 0.846. The molecule has 2 nitrogen and oxygen atoms in total. The molecule has 0 aromatic heterocycles. The Balaban J connectivity index is 1.78. The molecule has 0 radical (unpaired) electrons. The van der Waals surface area contributed by atoms with E-state index < -0.39 is 0 Å². The lowest BCUT2D eigenvalue weighted by Crippen LogP contribution is -2.54. The van der Waals surface area contributed by atoms with Crippen LogP contribution < -0.4 is 5.32 Å². The molecule has 3 aliphatic carbocycles. The minimum atomic E-state index is 0.504. The van der Waals surface area contributed by atoms with E-state index in [1.54, 1.807) is 5.57 Å². The number of morpholine rings is 1. The van der Waals surface area contributed by atoms with Gasteiger partial charge in [0.1, 0.15) is 0 Å². The SMILES string of the molecule is CC1(C)C2CC=C(C3COCCN3)C1C2. The normalized spacial score (nSPS) is 43.1. The van der Waals surface area contributed by atoms with Gasteiger partial charge in [0, 0.05) is 6.54 Å². The molecule has 0 spiro atoms. The van der Waals surface area contributed by atoms with Gasteiger partial charge in [0.2, 0.25) is 0 Å². The van der Waals surface area contributed by atoms with Crippen LogP contribution in [0, 0.1) is 17.3 Å². The highest BCUT2D eigenvalue weighted by Crippen LogP contribution is 2.59. The minimum Gasteiger partial charge on any atom is -0.378 e. The Bertz CT molecular complexity index is 289. The summed E-state index contributed by atoms with van der Waals surface area (Å²) in [7, 11) is 0. The highest BCUT2D eigenvalue weighted by atomic mass is 16.5. The summed E-state index contributed by atoms with van der Waals surface area (Å²) in [5.74, 6) is 1.76. The maximum atomic E-state index is 5.57. The molecule has 1 saturated heterocycles. The topological polar surface area (TPSA) is 21.3 Å². The lowest BCUT2D eigenvalue weighted by atomic mass is 9.48. The monoisotopic (exact) mass is 207 g/mol. The zero-order valence-electron chi connectivity index (χ0n) is 9.75. The first kappa shape index (κ1) is 9.86. The van der Waals surface area contributed by atoms with Crippen LogP contribution in [0.5, 0.6) is 0 Å². The van der Waals surface area contributed by atoms with Crippen LogP contribution in [0.3, 0.4) is 0 Å². The number of hydrogen-bond acceptors (Lipinski definition) is 2. The molecule has 3 atom stereocenters. The quantitative estimate of drug-likeness (QED) is 0.664. The zero-order chi connectivity index (χ0) is 10.5. The van der Waals surface area contributed by atoms with Crippen molar-refractivity contribution in [1.82, 2.24) is 5.32 Å². The summed E-state index contributed by atoms with van der Waals surface area (Å²) in [6.07, 6.45) is 5.18. The van der Waals surface area contributed by atoms with Crippen LogP contribution >= 0.6 is 0 Å². The fourth-order valence-electron chi connectivity index (χ4n) is 3.57. The highest BCUT2D eigenvalue weighted by molar-refractivity contribution is 5.27. The van der Waals surface area contributed by atoms with E-state index in [1.807, 2.05) is 0 Å². The first-order valence-corrected chi connectivity index (χ1v) is 6.20. The Morgan fingerprint density at radius 1 is 1.47 bits per heavy atom. The van der Waals surface area contributed by atoms with Gasteiger partial charge in [-0.25, -0.2) is 0 Å². The Kier molecular flexibility index (Phi) is 2.18. The predicted octanol–water partition coefficient (Wildman–Crippen LogP) is 1.97. The van der Waals surface area contributed by atoms with E-state index in [-0.39, 0.29) is 0 Å². The van der Waals surface area contributed by atoms with Crippen molar-refractivity contribution in [2.45, 2.75) is 32.7 Å². The minimum absolute atomic E-state index is 0.504. The molecule has 2 bridgehead atoms. The van der Waals surface area contributed by atoms with Gasteiger partial charge < -0.3 is 10.1 Å². The van der Waals surface area contributed by atoms with Crippen LogP contribution in [0.4, 0.5) is 0 Å². The van der Waals surface area contributed by atoms with Gasteiger partial charge in [-0.1, -0.05) is 25.5 Å². The molecule has 3 unspecified atom stereocenters. The van der Waals surface area contributed by atoms with Crippen molar-refractivity contribution in [3.63, 3.8) is 0 Å². The molecule has 1 N–H and O–H groups in total. The maximum absolute atomic E-state index is 5.57. The van der Waals surface area contributed by atoms with Crippen LogP contribution in [-0.4, -0.2) is 25.8 Å². The molecule has 2 heteroatoms. The van der Waals surface area contributed by atoms with Crippen molar-refractivity contribution in [1.29, 1.82) is 0 Å². The van der Waals surface area contributed by atoms with Gasteiger partial charge in [-0.2, -0.15) is 0 Å². The summed E-state index contributed by atoms with van der Waals surface area (Å²) in [4.78, 5) is 0. The number of ether oxygens (including phenoxy) is 1. The zero-order valence-corrected chi connectivity index (χ0v) is 9.75. The number of rotatable bonds is 1. The summed E-state index contributed by atoms with van der Waals surface area (Å²) < 4.78 is 5.57. The molecule has 0 aromatic rings. The van der Waals surface area contributed by atoms with E-state index in [9.17, 15) is 0 Å². The molecule has 84 valence electrons. The third-order valence-electron chi connectivity index (χ3n) is 4.83. The molecule has 1 heterocycles. The number of allylic oxidation sites excluding steroid dienone is 1. The number of fused-ring (bicyclic) bond motifs is 1. The molecule has 1 saturated carbocycles. The van der Waals surface area contributed by atoms with Crippen molar-refractivity contribution in [2.24, 2.45) is 17.3 Å². The Morgan fingerprint density at radius 3 is 2.93 bits per heavy atom. The van der Waals surface area contributed by atoms with Gasteiger partial charge in [0.15, 0.2) is 0 Å². The molecular formula is C13H21NO. The first-order valence-electron chi connectivity index (χ1n) is 6.20. The van der Waals surface area contributed by atoms with Crippen LogP contribution in [0.2, 0.25) is 0 Å². The first-order chi connectivity index (χ1) is 7.19. The van der Waals surface area contributed by atoms with Crippen LogP contribution in [-0.2, 0) is 4.74 Å². The van der Waals surface area contributed by atoms with Gasteiger partial charge in [0.05, 0.1) is 19.3 Å². The van der Waals surface area contributed by atoms with Gasteiger partial charge in [-0.15, -0.1) is 0 Å². The molecule has 0 aromatic carbocycles. The van der Waals surface area contributed by atoms with Crippen LogP contribution in [0.1, 0.15) is 26.7 Å². The summed E-state index contributed by atoms with van der Waals surface area (Å²) in [6.45, 7) is 7.63. The van der Waals surface area contributed by atoms with Crippen molar-refractivity contribution in [3.8, 4) is 0 Å². The number of hydrogen-bond donors (Lipinski definition) is 1. The second kappa shape index (κ2) is 3.33. The molecule has 0 amide bonds. The van der Waals surface area contributed by atoms with Crippen molar-refractivity contribution >= 4 is 0 Å². The average molecular weight is 207 g/mol. The van der Waals surface area contributed by atoms with E-state index >= 15 is 0 Å². The summed E-state index contributed by atoms with van der Waals surface area (Å²) in [5, 5.41) is 3.59. The number of nitrogens with one attached hydrogen (secondary N) is 1. The highest BCUT2D eigenvalue weighted by Gasteiger charge is 2.52. The lowest BCUT2D eigenvalue weighted by molar-refractivity contribution is -0.0189. The van der Waals surface area contributed by atoms with E-state index in [4.69, 9.17) is 4.74 Å². The van der Waals surface area contributed by atoms with Gasteiger partial charge in [-0.05, 0) is 30.1 Å². The smallest absolute Gasteiger partial charge is 0.0658 e. The molecule has 2 fully saturated rings. The van der Waals surface area contributed by atoms with Gasteiger partial charge in [-0.3, -0.25) is 0 Å². The second-order valence-electron chi connectivity index (χ2n) is 5.83. The third-order valence-corrected chi connectivity index (χ3v) is 4.83. The predicted molar refractivity (Wildman–Crippen MR) is 60.7 cm³/mol. The molecule has 1 aliphatic heterocycles. The fourth-order valence-corrected chi connectivity index (χ4v) is 3.57. The Hall–Kier alpha value is -0.340. The molecule has 4 aliphatic rings. The molecule has 4 rings (SSSR count). The second-order valence-corrected chi connectivity index (χ2v) is 5.83. The van der Waals surface area contributed by atoms with E-state index in [0.717, 1.165) is 31.6 Å². The average Bonchev–Trinajstić information content (AvgIpc) is 2.30. The Morgan fingerprint density at radius 2 is 2.33 bits per heavy atom. The van der Waals surface area contributed by atoms with E-state index in [2.05, 4.69) is 25.2 Å². The van der Waals surface area contributed by atoms with Crippen molar-refractivity contribution in [3.05, 3.63) is 11.6 Å². The van der Waals surface area contributed by atoms with E-state index in [0.29, 0.717) is 11.5 Å². The van der Waals surface area contributed by atoms with Gasteiger partial charge in [0.25, 0.3) is 0 Å². The summed E-state index contributed by atoms with van der Waals surface area (Å²) >= 11 is 0. The van der Waals surface area contributed by atoms with Crippen LogP contribution in [0.25, 0.3) is 0 Å². The Labute approximate surface area is 92.1 Å².